The Morgan fingerprint density at radius 3 is 2.60 bits per heavy atom. The van der Waals surface area contributed by atoms with E-state index >= 15 is 0 Å². The van der Waals surface area contributed by atoms with Gasteiger partial charge in [-0.15, -0.1) is 0 Å². The number of anilines is 2. The summed E-state index contributed by atoms with van der Waals surface area (Å²) in [5.74, 6) is -0.930. The lowest BCUT2D eigenvalue weighted by Crippen LogP contribution is -2.51. The fourth-order valence-corrected chi connectivity index (χ4v) is 3.42. The van der Waals surface area contributed by atoms with Gasteiger partial charge in [0.1, 0.15) is 17.9 Å². The number of piperidine rings is 1. The van der Waals surface area contributed by atoms with E-state index in [0.717, 1.165) is 25.9 Å². The third-order valence-electron chi connectivity index (χ3n) is 5.67. The monoisotopic (exact) mass is 485 g/mol. The Morgan fingerprint density at radius 1 is 1.23 bits per heavy atom. The SMILES string of the molecule is CC(N)(CO)C(=O)Nc1ccc(C(=O)Nc2ccn(CC(=O)NCC3CCCNC3)c(=O)n2)cc1. The molecule has 2 unspecified atom stereocenters. The van der Waals surface area contributed by atoms with E-state index in [9.17, 15) is 19.2 Å². The van der Waals surface area contributed by atoms with Gasteiger partial charge in [-0.3, -0.25) is 19.0 Å². The van der Waals surface area contributed by atoms with Crippen molar-refractivity contribution >= 4 is 29.2 Å². The molecule has 12 heteroatoms. The molecule has 2 aromatic rings. The van der Waals surface area contributed by atoms with E-state index in [0.29, 0.717) is 18.2 Å². The minimum Gasteiger partial charge on any atom is -0.394 e. The minimum atomic E-state index is -1.44. The average Bonchev–Trinajstić information content (AvgIpc) is 2.85. The summed E-state index contributed by atoms with van der Waals surface area (Å²) in [5, 5.41) is 20.4. The first kappa shape index (κ1) is 26.0. The van der Waals surface area contributed by atoms with Crippen LogP contribution >= 0.6 is 0 Å². The fraction of sp³-hybridized carbons (Fsp3) is 0.435. The molecule has 1 aromatic carbocycles. The molecule has 1 aliphatic rings. The summed E-state index contributed by atoms with van der Waals surface area (Å²) in [6.07, 6.45) is 3.53. The number of nitrogens with one attached hydrogen (secondary N) is 4. The smallest absolute Gasteiger partial charge is 0.349 e. The highest BCUT2D eigenvalue weighted by Gasteiger charge is 2.27. The zero-order chi connectivity index (χ0) is 25.4. The van der Waals surface area contributed by atoms with E-state index in [-0.39, 0.29) is 23.8 Å². The molecule has 1 fully saturated rings. The van der Waals surface area contributed by atoms with Crippen molar-refractivity contribution in [2.45, 2.75) is 31.8 Å². The molecule has 1 saturated heterocycles. The van der Waals surface area contributed by atoms with E-state index in [4.69, 9.17) is 10.8 Å². The number of carbonyl (C=O) groups is 3. The van der Waals surface area contributed by atoms with Crippen molar-refractivity contribution in [1.82, 2.24) is 20.2 Å². The predicted molar refractivity (Wildman–Crippen MR) is 130 cm³/mol. The topological polar surface area (TPSA) is 180 Å². The molecule has 0 radical (unpaired) electrons. The summed E-state index contributed by atoms with van der Waals surface area (Å²) in [5.41, 5.74) is 4.25. The molecule has 188 valence electrons. The highest BCUT2D eigenvalue weighted by Crippen LogP contribution is 2.13. The molecular weight excluding hydrogens is 454 g/mol. The van der Waals surface area contributed by atoms with Gasteiger partial charge in [0, 0.05) is 24.0 Å². The zero-order valence-corrected chi connectivity index (χ0v) is 19.5. The van der Waals surface area contributed by atoms with Crippen LogP contribution in [0.5, 0.6) is 0 Å². The average molecular weight is 486 g/mol. The van der Waals surface area contributed by atoms with E-state index in [2.05, 4.69) is 26.3 Å². The summed E-state index contributed by atoms with van der Waals surface area (Å²) in [6.45, 7) is 3.13. The second kappa shape index (κ2) is 11.7. The number of amides is 3. The van der Waals surface area contributed by atoms with Crippen molar-refractivity contribution in [2.75, 3.05) is 36.9 Å². The van der Waals surface area contributed by atoms with E-state index < -0.39 is 29.6 Å². The van der Waals surface area contributed by atoms with Crippen molar-refractivity contribution in [3.05, 3.63) is 52.6 Å². The van der Waals surface area contributed by atoms with Gasteiger partial charge in [-0.25, -0.2) is 4.79 Å². The standard InChI is InChI=1S/C23H31N7O5/c1-23(24,14-31)21(34)27-17-6-4-16(5-7-17)20(33)28-18-8-10-30(22(35)29-18)13-19(32)26-12-15-3-2-9-25-11-15/h4-8,10,15,25,31H,2-3,9,11-14,24H2,1H3,(H,26,32)(H,27,34)(H,28,29,33,35). The third kappa shape index (κ3) is 7.44. The number of aliphatic hydroxyl groups excluding tert-OH is 1. The zero-order valence-electron chi connectivity index (χ0n) is 19.5. The largest absolute Gasteiger partial charge is 0.394 e. The number of rotatable bonds is 9. The van der Waals surface area contributed by atoms with Crippen LogP contribution in [0, 0.1) is 5.92 Å². The summed E-state index contributed by atoms with van der Waals surface area (Å²) >= 11 is 0. The van der Waals surface area contributed by atoms with Crippen molar-refractivity contribution < 1.29 is 19.5 Å². The number of hydrogen-bond donors (Lipinski definition) is 6. The maximum absolute atomic E-state index is 12.5. The van der Waals surface area contributed by atoms with Crippen LogP contribution < -0.4 is 32.7 Å². The normalized spacial score (nSPS) is 17.2. The minimum absolute atomic E-state index is 0.0455. The van der Waals surface area contributed by atoms with Crippen LogP contribution in [0.15, 0.2) is 41.3 Å². The number of aromatic nitrogens is 2. The summed E-state index contributed by atoms with van der Waals surface area (Å²) < 4.78 is 1.17. The Bertz CT molecular complexity index is 1110. The number of nitrogens with two attached hydrogens (primary N) is 1. The van der Waals surface area contributed by atoms with E-state index in [1.807, 2.05) is 0 Å². The van der Waals surface area contributed by atoms with Gasteiger partial charge in [0.05, 0.1) is 6.61 Å². The first-order valence-electron chi connectivity index (χ1n) is 11.4. The van der Waals surface area contributed by atoms with Crippen LogP contribution in [0.3, 0.4) is 0 Å². The molecular formula is C23H31N7O5. The molecule has 2 atom stereocenters. The number of benzene rings is 1. The van der Waals surface area contributed by atoms with Crippen LogP contribution in [-0.2, 0) is 16.1 Å². The van der Waals surface area contributed by atoms with Crippen molar-refractivity contribution in [2.24, 2.45) is 11.7 Å². The van der Waals surface area contributed by atoms with Gasteiger partial charge in [0.25, 0.3) is 5.91 Å². The summed E-state index contributed by atoms with van der Waals surface area (Å²) in [7, 11) is 0. The Labute approximate surface area is 202 Å². The van der Waals surface area contributed by atoms with Gasteiger partial charge in [0.15, 0.2) is 0 Å². The van der Waals surface area contributed by atoms with Crippen molar-refractivity contribution in [3.63, 3.8) is 0 Å². The second-order valence-electron chi connectivity index (χ2n) is 8.80. The quantitative estimate of drug-likeness (QED) is 0.269. The molecule has 0 aliphatic carbocycles. The van der Waals surface area contributed by atoms with E-state index in [1.165, 1.54) is 48.0 Å². The molecule has 0 saturated carbocycles. The molecule has 0 spiro atoms. The molecule has 3 rings (SSSR count). The lowest BCUT2D eigenvalue weighted by atomic mass is 10.00. The van der Waals surface area contributed by atoms with Gasteiger partial charge < -0.3 is 32.1 Å². The van der Waals surface area contributed by atoms with Crippen LogP contribution in [0.1, 0.15) is 30.1 Å². The van der Waals surface area contributed by atoms with Crippen LogP contribution in [0.25, 0.3) is 0 Å². The lowest BCUT2D eigenvalue weighted by Gasteiger charge is -2.22. The molecule has 12 nitrogen and oxygen atoms in total. The molecule has 0 bridgehead atoms. The molecule has 1 aromatic heterocycles. The maximum Gasteiger partial charge on any atom is 0.349 e. The van der Waals surface area contributed by atoms with Gasteiger partial charge >= 0.3 is 5.69 Å². The van der Waals surface area contributed by atoms with Crippen LogP contribution in [0.2, 0.25) is 0 Å². The van der Waals surface area contributed by atoms with Crippen molar-refractivity contribution in [1.29, 1.82) is 0 Å². The van der Waals surface area contributed by atoms with Gasteiger partial charge in [-0.1, -0.05) is 0 Å². The van der Waals surface area contributed by atoms with Crippen LogP contribution in [0.4, 0.5) is 11.5 Å². The maximum atomic E-state index is 12.5. The number of nitrogens with zero attached hydrogens (tertiary/aromatic N) is 2. The fourth-order valence-electron chi connectivity index (χ4n) is 3.42. The van der Waals surface area contributed by atoms with Crippen LogP contribution in [-0.4, -0.2) is 64.2 Å². The lowest BCUT2D eigenvalue weighted by molar-refractivity contribution is -0.122. The Hall–Kier alpha value is -3.61. The van der Waals surface area contributed by atoms with Gasteiger partial charge in [-0.2, -0.15) is 4.98 Å². The Balaban J connectivity index is 1.53. The molecule has 35 heavy (non-hydrogen) atoms. The second-order valence-corrected chi connectivity index (χ2v) is 8.80. The highest BCUT2D eigenvalue weighted by atomic mass is 16.3. The third-order valence-corrected chi connectivity index (χ3v) is 5.67. The number of hydrogen-bond acceptors (Lipinski definition) is 8. The van der Waals surface area contributed by atoms with Crippen molar-refractivity contribution in [3.8, 4) is 0 Å². The molecule has 2 heterocycles. The number of aliphatic hydroxyl groups is 1. The Kier molecular flexibility index (Phi) is 8.68. The molecule has 1 aliphatic heterocycles. The van der Waals surface area contributed by atoms with E-state index in [1.54, 1.807) is 0 Å². The van der Waals surface area contributed by atoms with Gasteiger partial charge in [-0.05, 0) is 69.1 Å². The predicted octanol–water partition coefficient (Wildman–Crippen LogP) is -0.740. The highest BCUT2D eigenvalue weighted by molar-refractivity contribution is 6.04. The summed E-state index contributed by atoms with van der Waals surface area (Å²) in [4.78, 5) is 52.8. The number of carbonyl (C=O) groups excluding carboxylic acids is 3. The molecule has 3 amide bonds. The first-order chi connectivity index (χ1) is 16.7. The Morgan fingerprint density at radius 2 is 1.97 bits per heavy atom. The molecule has 7 N–H and O–H groups in total. The van der Waals surface area contributed by atoms with Gasteiger partial charge in [0.2, 0.25) is 11.8 Å². The summed E-state index contributed by atoms with van der Waals surface area (Å²) in [6, 6.07) is 7.40. The first-order valence-corrected chi connectivity index (χ1v) is 11.4.